The molecule has 0 amide bonds. The first-order chi connectivity index (χ1) is 13.6. The summed E-state index contributed by atoms with van der Waals surface area (Å²) in [4.78, 5) is 19.2. The molecule has 2 aromatic rings. The molecule has 0 fully saturated rings. The zero-order valence-electron chi connectivity index (χ0n) is 16.2. The van der Waals surface area contributed by atoms with Crippen LogP contribution in [0.5, 0.6) is 0 Å². The molecule has 158 valence electrons. The van der Waals surface area contributed by atoms with E-state index in [0.717, 1.165) is 25.0 Å². The summed E-state index contributed by atoms with van der Waals surface area (Å²) < 4.78 is 26.1. The van der Waals surface area contributed by atoms with Gasteiger partial charge >= 0.3 is 11.4 Å². The lowest BCUT2D eigenvalue weighted by Gasteiger charge is -2.20. The van der Waals surface area contributed by atoms with Gasteiger partial charge in [-0.1, -0.05) is 26.0 Å². The Labute approximate surface area is 169 Å². The minimum Gasteiger partial charge on any atom is -0.399 e. The Morgan fingerprint density at radius 2 is 1.28 bits per heavy atom. The zero-order valence-corrected chi connectivity index (χ0v) is 17.0. The first-order valence-electron chi connectivity index (χ1n) is 8.88. The van der Waals surface area contributed by atoms with Crippen LogP contribution in [0, 0.1) is 20.2 Å². The summed E-state index contributed by atoms with van der Waals surface area (Å²) in [5, 5.41) is 20.5. The third kappa shape index (κ3) is 6.80. The van der Waals surface area contributed by atoms with E-state index in [1.54, 1.807) is 24.3 Å². The summed E-state index contributed by atoms with van der Waals surface area (Å²) >= 11 is 0. The first-order valence-corrected chi connectivity index (χ1v) is 10.3. The van der Waals surface area contributed by atoms with Gasteiger partial charge in [-0.15, -0.1) is 0 Å². The van der Waals surface area contributed by atoms with Crippen LogP contribution in [0.3, 0.4) is 0 Å². The second-order valence-electron chi connectivity index (χ2n) is 5.98. The third-order valence-electron chi connectivity index (χ3n) is 3.74. The molecule has 0 bridgehead atoms. The van der Waals surface area contributed by atoms with Crippen LogP contribution in [0.15, 0.2) is 53.4 Å². The molecule has 0 atom stereocenters. The van der Waals surface area contributed by atoms with E-state index < -0.39 is 31.2 Å². The number of rotatable bonds is 8. The van der Waals surface area contributed by atoms with E-state index >= 15 is 0 Å². The standard InChI is InChI=1S/C12H20N2O2S.C6H4N2O4/c1-3-9-14(10-4-2)17(15,16)12-7-5-11(13)6-8-12;9-7(10)5-3-1-2-4-6(5)8(11)12/h5-8H,3-4,9-10,13H2,1-2H3;1-4H. The lowest BCUT2D eigenvalue weighted by Crippen LogP contribution is -2.32. The molecule has 0 aromatic heterocycles. The smallest absolute Gasteiger partial charge is 0.346 e. The number of hydrogen-bond donors (Lipinski definition) is 1. The molecule has 0 saturated carbocycles. The van der Waals surface area contributed by atoms with Gasteiger partial charge in [0.1, 0.15) is 0 Å². The van der Waals surface area contributed by atoms with E-state index in [0.29, 0.717) is 23.7 Å². The highest BCUT2D eigenvalue weighted by Crippen LogP contribution is 2.24. The van der Waals surface area contributed by atoms with Gasteiger partial charge < -0.3 is 5.73 Å². The molecule has 0 saturated heterocycles. The van der Waals surface area contributed by atoms with Crippen molar-refractivity contribution in [3.8, 4) is 0 Å². The molecule has 0 aliphatic heterocycles. The average molecular weight is 424 g/mol. The minimum atomic E-state index is -3.36. The topological polar surface area (TPSA) is 150 Å². The molecule has 0 spiro atoms. The molecular formula is C18H24N4O6S. The summed E-state index contributed by atoms with van der Waals surface area (Å²) in [6, 6.07) is 11.3. The van der Waals surface area contributed by atoms with Crippen LogP contribution in [0.1, 0.15) is 26.7 Å². The van der Waals surface area contributed by atoms with Gasteiger partial charge in [-0.3, -0.25) is 20.2 Å². The number of nitro groups is 2. The van der Waals surface area contributed by atoms with Gasteiger partial charge in [0, 0.05) is 30.9 Å². The molecule has 0 aliphatic rings. The fourth-order valence-electron chi connectivity index (χ4n) is 2.41. The maximum absolute atomic E-state index is 12.3. The van der Waals surface area contributed by atoms with Crippen molar-refractivity contribution in [2.24, 2.45) is 0 Å². The van der Waals surface area contributed by atoms with Crippen molar-refractivity contribution in [1.82, 2.24) is 4.31 Å². The van der Waals surface area contributed by atoms with Gasteiger partial charge in [0.2, 0.25) is 10.0 Å². The monoisotopic (exact) mass is 424 g/mol. The summed E-state index contributed by atoms with van der Waals surface area (Å²) in [5.74, 6) is 0. The Kier molecular flexibility index (Phi) is 9.16. The fraction of sp³-hybridized carbons (Fsp3) is 0.333. The molecule has 0 unspecified atom stereocenters. The van der Waals surface area contributed by atoms with Crippen molar-refractivity contribution >= 4 is 27.1 Å². The van der Waals surface area contributed by atoms with Crippen molar-refractivity contribution in [1.29, 1.82) is 0 Å². The highest BCUT2D eigenvalue weighted by Gasteiger charge is 2.23. The highest BCUT2D eigenvalue weighted by molar-refractivity contribution is 7.89. The molecule has 2 aromatic carbocycles. The maximum Gasteiger partial charge on any atom is 0.346 e. The molecule has 2 rings (SSSR count). The van der Waals surface area contributed by atoms with Crippen LogP contribution in [0.2, 0.25) is 0 Å². The Bertz CT molecular complexity index is 893. The minimum absolute atomic E-state index is 0.314. The van der Waals surface area contributed by atoms with Crippen molar-refractivity contribution in [3.05, 3.63) is 68.8 Å². The van der Waals surface area contributed by atoms with Crippen LogP contribution >= 0.6 is 0 Å². The van der Waals surface area contributed by atoms with Crippen LogP contribution in [-0.2, 0) is 10.0 Å². The second-order valence-corrected chi connectivity index (χ2v) is 7.91. The van der Waals surface area contributed by atoms with Crippen molar-refractivity contribution in [2.75, 3.05) is 18.8 Å². The Morgan fingerprint density at radius 3 is 1.62 bits per heavy atom. The van der Waals surface area contributed by atoms with E-state index in [1.165, 1.54) is 16.4 Å². The quantitative estimate of drug-likeness (QED) is 0.386. The van der Waals surface area contributed by atoms with E-state index in [1.807, 2.05) is 13.8 Å². The summed E-state index contributed by atoms with van der Waals surface area (Å²) in [5.41, 5.74) is 5.16. The predicted octanol–water partition coefficient (Wildman–Crippen LogP) is 3.58. The Morgan fingerprint density at radius 1 is 0.862 bits per heavy atom. The zero-order chi connectivity index (χ0) is 22.0. The first kappa shape index (κ1) is 24.0. The van der Waals surface area contributed by atoms with Crippen LogP contribution in [0.25, 0.3) is 0 Å². The van der Waals surface area contributed by atoms with Crippen LogP contribution in [0.4, 0.5) is 17.1 Å². The molecule has 11 heteroatoms. The Balaban J connectivity index is 0.000000308. The molecule has 0 radical (unpaired) electrons. The molecule has 0 aliphatic carbocycles. The largest absolute Gasteiger partial charge is 0.399 e. The van der Waals surface area contributed by atoms with E-state index in [9.17, 15) is 28.6 Å². The molecule has 29 heavy (non-hydrogen) atoms. The number of anilines is 1. The Hall–Kier alpha value is -3.05. The average Bonchev–Trinajstić information content (AvgIpc) is 2.68. The number of nitrogens with zero attached hydrogens (tertiary/aromatic N) is 3. The summed E-state index contributed by atoms with van der Waals surface area (Å²) in [6.45, 7) is 5.06. The van der Waals surface area contributed by atoms with E-state index in [2.05, 4.69) is 0 Å². The number of nitrogen functional groups attached to an aromatic ring is 1. The van der Waals surface area contributed by atoms with Gasteiger partial charge in [0.25, 0.3) is 0 Å². The number of para-hydroxylation sites is 2. The maximum atomic E-state index is 12.3. The van der Waals surface area contributed by atoms with Gasteiger partial charge in [-0.25, -0.2) is 8.42 Å². The van der Waals surface area contributed by atoms with E-state index in [-0.39, 0.29) is 0 Å². The summed E-state index contributed by atoms with van der Waals surface area (Å²) in [7, 11) is -3.36. The number of nitro benzene ring substituents is 2. The predicted molar refractivity (Wildman–Crippen MR) is 110 cm³/mol. The number of nitrogens with two attached hydrogens (primary N) is 1. The SMILES string of the molecule is CCCN(CCC)S(=O)(=O)c1ccc(N)cc1.O=[N+]([O-])c1ccccc1[N+](=O)[O-]. The number of hydrogen-bond acceptors (Lipinski definition) is 7. The number of sulfonamides is 1. The van der Waals surface area contributed by atoms with Gasteiger partial charge in [-0.2, -0.15) is 4.31 Å². The molecular weight excluding hydrogens is 400 g/mol. The van der Waals surface area contributed by atoms with Crippen LogP contribution < -0.4 is 5.73 Å². The normalized spacial score (nSPS) is 10.9. The van der Waals surface area contributed by atoms with Gasteiger partial charge in [-0.05, 0) is 37.1 Å². The molecule has 0 heterocycles. The van der Waals surface area contributed by atoms with Gasteiger partial charge in [0.15, 0.2) is 0 Å². The van der Waals surface area contributed by atoms with Crippen molar-refractivity contribution in [3.63, 3.8) is 0 Å². The molecule has 2 N–H and O–H groups in total. The van der Waals surface area contributed by atoms with E-state index in [4.69, 9.17) is 5.73 Å². The third-order valence-corrected chi connectivity index (χ3v) is 5.65. The summed E-state index contributed by atoms with van der Waals surface area (Å²) in [6.07, 6.45) is 1.63. The van der Waals surface area contributed by atoms with Crippen LogP contribution in [-0.4, -0.2) is 35.7 Å². The lowest BCUT2D eigenvalue weighted by atomic mass is 10.3. The molecule has 10 nitrogen and oxygen atoms in total. The van der Waals surface area contributed by atoms with Crippen molar-refractivity contribution in [2.45, 2.75) is 31.6 Å². The van der Waals surface area contributed by atoms with Gasteiger partial charge in [0.05, 0.1) is 14.7 Å². The lowest BCUT2D eigenvalue weighted by molar-refractivity contribution is -0.422. The second kappa shape index (κ2) is 11.1. The fourth-order valence-corrected chi connectivity index (χ4v) is 4.04. The van der Waals surface area contributed by atoms with Crippen molar-refractivity contribution < 1.29 is 18.3 Å². The number of benzene rings is 2. The highest BCUT2D eigenvalue weighted by atomic mass is 32.2.